The Morgan fingerprint density at radius 3 is 2.61 bits per heavy atom. The first-order chi connectivity index (χ1) is 11.2. The summed E-state index contributed by atoms with van der Waals surface area (Å²) in [6.45, 7) is 2.83. The number of aromatic nitrogens is 1. The van der Waals surface area contributed by atoms with Gasteiger partial charge in [-0.15, -0.1) is 0 Å². The highest BCUT2D eigenvalue weighted by Gasteiger charge is 2.26. The van der Waals surface area contributed by atoms with E-state index in [0.717, 1.165) is 35.5 Å². The van der Waals surface area contributed by atoms with Crippen LogP contribution in [0.25, 0.3) is 5.69 Å². The lowest BCUT2D eigenvalue weighted by Crippen LogP contribution is -2.29. The zero-order chi connectivity index (χ0) is 15.8. The number of amides is 1. The Balaban J connectivity index is 1.71. The molecule has 4 rings (SSSR count). The summed E-state index contributed by atoms with van der Waals surface area (Å²) < 4.78 is 2.01. The predicted molar refractivity (Wildman–Crippen MR) is 92.3 cm³/mol. The SMILES string of the molecule is Cc1cccc2c1N(C(=O)c1cccc(-n3cccc3)c1)CC2. The second-order valence-corrected chi connectivity index (χ2v) is 5.93. The van der Waals surface area contributed by atoms with Crippen molar-refractivity contribution >= 4 is 11.6 Å². The Kier molecular flexibility index (Phi) is 3.27. The highest BCUT2D eigenvalue weighted by molar-refractivity contribution is 6.08. The fourth-order valence-corrected chi connectivity index (χ4v) is 3.32. The summed E-state index contributed by atoms with van der Waals surface area (Å²) in [6, 6.07) is 18.0. The van der Waals surface area contributed by atoms with Gasteiger partial charge in [-0.25, -0.2) is 0 Å². The highest BCUT2D eigenvalue weighted by atomic mass is 16.2. The van der Waals surface area contributed by atoms with Crippen LogP contribution in [-0.2, 0) is 6.42 Å². The summed E-state index contributed by atoms with van der Waals surface area (Å²) in [5.41, 5.74) is 5.25. The lowest BCUT2D eigenvalue weighted by atomic mass is 10.1. The summed E-state index contributed by atoms with van der Waals surface area (Å²) >= 11 is 0. The summed E-state index contributed by atoms with van der Waals surface area (Å²) in [5, 5.41) is 0. The molecular formula is C20H18N2O. The molecule has 0 saturated heterocycles. The number of benzene rings is 2. The minimum atomic E-state index is 0.0760. The van der Waals surface area contributed by atoms with Crippen LogP contribution in [0, 0.1) is 6.92 Å². The molecule has 3 aromatic rings. The fraction of sp³-hybridized carbons (Fsp3) is 0.150. The molecule has 3 nitrogen and oxygen atoms in total. The number of anilines is 1. The second-order valence-electron chi connectivity index (χ2n) is 5.93. The first-order valence-electron chi connectivity index (χ1n) is 7.88. The van der Waals surface area contributed by atoms with Crippen LogP contribution in [-0.4, -0.2) is 17.0 Å². The van der Waals surface area contributed by atoms with E-state index in [1.165, 1.54) is 5.56 Å². The minimum Gasteiger partial charge on any atom is -0.324 e. The molecule has 0 radical (unpaired) electrons. The molecule has 0 saturated carbocycles. The number of hydrogen-bond acceptors (Lipinski definition) is 1. The first-order valence-corrected chi connectivity index (χ1v) is 7.88. The summed E-state index contributed by atoms with van der Waals surface area (Å²) in [6.07, 6.45) is 4.90. The number of hydrogen-bond donors (Lipinski definition) is 0. The monoisotopic (exact) mass is 302 g/mol. The maximum atomic E-state index is 13.0. The van der Waals surface area contributed by atoms with E-state index in [1.807, 2.05) is 58.3 Å². The molecule has 0 fully saturated rings. The number of para-hydroxylation sites is 1. The van der Waals surface area contributed by atoms with Crippen LogP contribution in [0.1, 0.15) is 21.5 Å². The van der Waals surface area contributed by atoms with Gasteiger partial charge in [-0.05, 0) is 54.8 Å². The Morgan fingerprint density at radius 1 is 1.00 bits per heavy atom. The van der Waals surface area contributed by atoms with Crippen molar-refractivity contribution in [3.63, 3.8) is 0 Å². The third-order valence-corrected chi connectivity index (χ3v) is 4.44. The summed E-state index contributed by atoms with van der Waals surface area (Å²) in [4.78, 5) is 14.9. The Labute approximate surface area is 135 Å². The zero-order valence-corrected chi connectivity index (χ0v) is 13.1. The maximum absolute atomic E-state index is 13.0. The van der Waals surface area contributed by atoms with E-state index in [0.29, 0.717) is 0 Å². The van der Waals surface area contributed by atoms with Crippen molar-refractivity contribution in [1.82, 2.24) is 4.57 Å². The van der Waals surface area contributed by atoms with Crippen LogP contribution < -0.4 is 4.90 Å². The van der Waals surface area contributed by atoms with Crippen molar-refractivity contribution in [3.8, 4) is 5.69 Å². The number of carbonyl (C=O) groups is 1. The second kappa shape index (κ2) is 5.43. The first kappa shape index (κ1) is 13.8. The van der Waals surface area contributed by atoms with E-state index in [1.54, 1.807) is 0 Å². The molecule has 0 aliphatic carbocycles. The Morgan fingerprint density at radius 2 is 1.78 bits per heavy atom. The molecule has 2 heterocycles. The molecule has 0 unspecified atom stereocenters. The molecule has 0 N–H and O–H groups in total. The molecule has 1 aliphatic heterocycles. The fourth-order valence-electron chi connectivity index (χ4n) is 3.32. The highest BCUT2D eigenvalue weighted by Crippen LogP contribution is 2.32. The molecule has 1 aliphatic rings. The van der Waals surface area contributed by atoms with Crippen molar-refractivity contribution < 1.29 is 4.79 Å². The van der Waals surface area contributed by atoms with Crippen molar-refractivity contribution in [3.05, 3.63) is 83.7 Å². The third-order valence-electron chi connectivity index (χ3n) is 4.44. The van der Waals surface area contributed by atoms with Gasteiger partial charge < -0.3 is 9.47 Å². The van der Waals surface area contributed by atoms with Crippen LogP contribution in [0.5, 0.6) is 0 Å². The molecule has 2 aromatic carbocycles. The number of aryl methyl sites for hydroxylation is 1. The van der Waals surface area contributed by atoms with Gasteiger partial charge in [-0.2, -0.15) is 0 Å². The van der Waals surface area contributed by atoms with Crippen LogP contribution in [0.2, 0.25) is 0 Å². The molecule has 0 atom stereocenters. The topological polar surface area (TPSA) is 25.2 Å². The summed E-state index contributed by atoms with van der Waals surface area (Å²) in [7, 11) is 0. The number of carbonyl (C=O) groups excluding carboxylic acids is 1. The lowest BCUT2D eigenvalue weighted by molar-refractivity contribution is 0.0989. The van der Waals surface area contributed by atoms with Gasteiger partial charge in [0.2, 0.25) is 0 Å². The van der Waals surface area contributed by atoms with E-state index < -0.39 is 0 Å². The molecular weight excluding hydrogens is 284 g/mol. The van der Waals surface area contributed by atoms with E-state index >= 15 is 0 Å². The van der Waals surface area contributed by atoms with Gasteiger partial charge in [-0.3, -0.25) is 4.79 Å². The quantitative estimate of drug-likeness (QED) is 0.702. The van der Waals surface area contributed by atoms with Crippen LogP contribution in [0.15, 0.2) is 67.0 Å². The normalized spacial score (nSPS) is 13.2. The third kappa shape index (κ3) is 2.34. The standard InChI is InChI=1S/C20H18N2O/c1-15-6-4-7-16-10-13-22(19(15)16)20(23)17-8-5-9-18(14-17)21-11-2-3-12-21/h2-9,11-12,14H,10,13H2,1H3. The van der Waals surface area contributed by atoms with Crippen molar-refractivity contribution in [2.45, 2.75) is 13.3 Å². The van der Waals surface area contributed by atoms with Crippen molar-refractivity contribution in [2.75, 3.05) is 11.4 Å². The van der Waals surface area contributed by atoms with E-state index in [-0.39, 0.29) is 5.91 Å². The average molecular weight is 302 g/mol. The van der Waals surface area contributed by atoms with E-state index in [2.05, 4.69) is 25.1 Å². The predicted octanol–water partition coefficient (Wildman–Crippen LogP) is 3.99. The number of fused-ring (bicyclic) bond motifs is 1. The maximum Gasteiger partial charge on any atom is 0.258 e. The molecule has 3 heteroatoms. The van der Waals surface area contributed by atoms with Gasteiger partial charge >= 0.3 is 0 Å². The molecule has 0 bridgehead atoms. The van der Waals surface area contributed by atoms with Crippen molar-refractivity contribution in [1.29, 1.82) is 0 Å². The molecule has 23 heavy (non-hydrogen) atoms. The number of rotatable bonds is 2. The molecule has 114 valence electrons. The van der Waals surface area contributed by atoms with Gasteiger partial charge in [0, 0.05) is 30.2 Å². The number of nitrogens with zero attached hydrogens (tertiary/aromatic N) is 2. The van der Waals surface area contributed by atoms with Crippen molar-refractivity contribution in [2.24, 2.45) is 0 Å². The Hall–Kier alpha value is -2.81. The van der Waals surface area contributed by atoms with Gasteiger partial charge in [0.15, 0.2) is 0 Å². The molecule has 1 aromatic heterocycles. The summed E-state index contributed by atoms with van der Waals surface area (Å²) in [5.74, 6) is 0.0760. The molecule has 0 spiro atoms. The van der Waals surface area contributed by atoms with Gasteiger partial charge in [-0.1, -0.05) is 24.3 Å². The van der Waals surface area contributed by atoms with Gasteiger partial charge in [0.1, 0.15) is 0 Å². The van der Waals surface area contributed by atoms with Gasteiger partial charge in [0.25, 0.3) is 5.91 Å². The smallest absolute Gasteiger partial charge is 0.258 e. The van der Waals surface area contributed by atoms with E-state index in [4.69, 9.17) is 0 Å². The van der Waals surface area contributed by atoms with Crippen LogP contribution in [0.4, 0.5) is 5.69 Å². The minimum absolute atomic E-state index is 0.0760. The molecule has 1 amide bonds. The zero-order valence-electron chi connectivity index (χ0n) is 13.1. The van der Waals surface area contributed by atoms with E-state index in [9.17, 15) is 4.79 Å². The largest absolute Gasteiger partial charge is 0.324 e. The van der Waals surface area contributed by atoms with Gasteiger partial charge in [0.05, 0.1) is 5.69 Å². The van der Waals surface area contributed by atoms with Crippen LogP contribution >= 0.6 is 0 Å². The Bertz CT molecular complexity index is 865. The lowest BCUT2D eigenvalue weighted by Gasteiger charge is -2.19. The van der Waals surface area contributed by atoms with Crippen LogP contribution in [0.3, 0.4) is 0 Å². The average Bonchev–Trinajstić information content (AvgIpc) is 3.25.